The number of nitrogens with one attached hydrogen (secondary N) is 1. The van der Waals surface area contributed by atoms with Crippen LogP contribution in [0.3, 0.4) is 0 Å². The maximum Gasteiger partial charge on any atom is 0.223 e. The molecule has 0 bridgehead atoms. The Bertz CT molecular complexity index is 295. The summed E-state index contributed by atoms with van der Waals surface area (Å²) in [5, 5.41) is 13.1. The third kappa shape index (κ3) is 5.67. The molecule has 0 saturated carbocycles. The van der Waals surface area contributed by atoms with Crippen LogP contribution in [0.25, 0.3) is 0 Å². The van der Waals surface area contributed by atoms with Gasteiger partial charge in [0.05, 0.1) is 5.60 Å². The Hall–Kier alpha value is -0.830. The van der Waals surface area contributed by atoms with Gasteiger partial charge in [0.25, 0.3) is 0 Å². The molecule has 0 radical (unpaired) electrons. The molecule has 0 fully saturated rings. The fraction of sp³-hybridized carbons (Fsp3) is 0.800. The van der Waals surface area contributed by atoms with Gasteiger partial charge in [0.15, 0.2) is 0 Å². The molecular formula is C15H27NO2. The Labute approximate surface area is 111 Å². The number of carbonyl (C=O) groups is 1. The second-order valence-electron chi connectivity index (χ2n) is 6.13. The highest BCUT2D eigenvalue weighted by Gasteiger charge is 2.24. The van der Waals surface area contributed by atoms with Crippen LogP contribution in [0.2, 0.25) is 0 Å². The molecule has 104 valence electrons. The molecule has 2 atom stereocenters. The number of aliphatic hydroxyl groups is 1. The van der Waals surface area contributed by atoms with E-state index >= 15 is 0 Å². The summed E-state index contributed by atoms with van der Waals surface area (Å²) in [7, 11) is 0. The van der Waals surface area contributed by atoms with Crippen LogP contribution in [0.5, 0.6) is 0 Å². The predicted molar refractivity (Wildman–Crippen MR) is 74.2 cm³/mol. The molecule has 3 heteroatoms. The molecule has 1 aliphatic carbocycles. The molecule has 0 heterocycles. The van der Waals surface area contributed by atoms with Crippen molar-refractivity contribution in [1.29, 1.82) is 0 Å². The maximum absolute atomic E-state index is 11.9. The van der Waals surface area contributed by atoms with E-state index in [1.807, 2.05) is 0 Å². The van der Waals surface area contributed by atoms with E-state index in [0.717, 1.165) is 32.1 Å². The van der Waals surface area contributed by atoms with Crippen molar-refractivity contribution >= 4 is 5.91 Å². The molecule has 2 unspecified atom stereocenters. The van der Waals surface area contributed by atoms with Crippen LogP contribution >= 0.6 is 0 Å². The standard InChI is InChI=1S/C15H27NO2/c1-12(2)9-10-15(3,18)11-16-14(17)13-7-5-4-6-8-13/h4-5,12-13,18H,6-11H2,1-3H3,(H,16,17). The number of hydrogen-bond donors (Lipinski definition) is 2. The molecule has 0 aromatic heterocycles. The molecule has 0 saturated heterocycles. The van der Waals surface area contributed by atoms with Crippen molar-refractivity contribution in [3.8, 4) is 0 Å². The minimum absolute atomic E-state index is 0.0872. The van der Waals surface area contributed by atoms with Gasteiger partial charge in [-0.2, -0.15) is 0 Å². The number of rotatable bonds is 6. The van der Waals surface area contributed by atoms with E-state index in [2.05, 4.69) is 31.3 Å². The molecule has 0 aromatic carbocycles. The fourth-order valence-electron chi connectivity index (χ4n) is 2.14. The van der Waals surface area contributed by atoms with Crippen molar-refractivity contribution in [2.24, 2.45) is 11.8 Å². The van der Waals surface area contributed by atoms with Crippen molar-refractivity contribution < 1.29 is 9.90 Å². The molecule has 1 aliphatic rings. The molecule has 0 aliphatic heterocycles. The van der Waals surface area contributed by atoms with E-state index in [1.54, 1.807) is 6.92 Å². The van der Waals surface area contributed by atoms with Crippen LogP contribution in [0, 0.1) is 11.8 Å². The normalized spacial score (nSPS) is 22.8. The molecule has 0 aromatic rings. The van der Waals surface area contributed by atoms with Crippen LogP contribution in [0.4, 0.5) is 0 Å². The van der Waals surface area contributed by atoms with E-state index in [0.29, 0.717) is 12.5 Å². The van der Waals surface area contributed by atoms with Gasteiger partial charge in [0.1, 0.15) is 0 Å². The van der Waals surface area contributed by atoms with Gasteiger partial charge < -0.3 is 10.4 Å². The third-order valence-electron chi connectivity index (χ3n) is 3.54. The van der Waals surface area contributed by atoms with Crippen molar-refractivity contribution in [2.75, 3.05) is 6.54 Å². The van der Waals surface area contributed by atoms with Gasteiger partial charge in [0.2, 0.25) is 5.91 Å². The SMILES string of the molecule is CC(C)CCC(C)(O)CNC(=O)C1CC=CCC1. The Morgan fingerprint density at radius 3 is 2.78 bits per heavy atom. The lowest BCUT2D eigenvalue weighted by Gasteiger charge is -2.26. The van der Waals surface area contributed by atoms with Crippen LogP contribution in [-0.4, -0.2) is 23.2 Å². The summed E-state index contributed by atoms with van der Waals surface area (Å²) in [5.74, 6) is 0.760. The van der Waals surface area contributed by atoms with E-state index in [1.165, 1.54) is 0 Å². The Kier molecular flexibility index (Phi) is 5.86. The van der Waals surface area contributed by atoms with Crippen molar-refractivity contribution in [3.63, 3.8) is 0 Å². The molecule has 3 nitrogen and oxygen atoms in total. The first kappa shape index (κ1) is 15.2. The van der Waals surface area contributed by atoms with Gasteiger partial charge >= 0.3 is 0 Å². The zero-order valence-corrected chi connectivity index (χ0v) is 11.9. The molecule has 1 amide bonds. The second kappa shape index (κ2) is 6.93. The first-order valence-electron chi connectivity index (χ1n) is 7.06. The van der Waals surface area contributed by atoms with Gasteiger partial charge in [-0.3, -0.25) is 4.79 Å². The van der Waals surface area contributed by atoms with Gasteiger partial charge in [0, 0.05) is 12.5 Å². The number of hydrogen-bond acceptors (Lipinski definition) is 2. The largest absolute Gasteiger partial charge is 0.388 e. The summed E-state index contributed by atoms with van der Waals surface area (Å²) in [6.45, 7) is 6.45. The number of carbonyl (C=O) groups excluding carboxylic acids is 1. The molecule has 2 N–H and O–H groups in total. The third-order valence-corrected chi connectivity index (χ3v) is 3.54. The Morgan fingerprint density at radius 1 is 1.50 bits per heavy atom. The summed E-state index contributed by atoms with van der Waals surface area (Å²) >= 11 is 0. The van der Waals surface area contributed by atoms with E-state index in [4.69, 9.17) is 0 Å². The lowest BCUT2D eigenvalue weighted by atomic mass is 9.92. The molecule has 1 rings (SSSR count). The smallest absolute Gasteiger partial charge is 0.223 e. The molecular weight excluding hydrogens is 226 g/mol. The average Bonchev–Trinajstić information content (AvgIpc) is 2.35. The zero-order valence-electron chi connectivity index (χ0n) is 11.9. The lowest BCUT2D eigenvalue weighted by molar-refractivity contribution is -0.126. The van der Waals surface area contributed by atoms with Crippen molar-refractivity contribution in [1.82, 2.24) is 5.32 Å². The predicted octanol–water partition coefficient (Wildman–Crippen LogP) is 2.65. The van der Waals surface area contributed by atoms with Gasteiger partial charge in [-0.05, 0) is 44.9 Å². The van der Waals surface area contributed by atoms with Crippen LogP contribution in [-0.2, 0) is 4.79 Å². The minimum atomic E-state index is -0.787. The van der Waals surface area contributed by atoms with Crippen LogP contribution in [0.15, 0.2) is 12.2 Å². The van der Waals surface area contributed by atoms with Crippen LogP contribution in [0.1, 0.15) is 52.9 Å². The maximum atomic E-state index is 11.9. The first-order chi connectivity index (χ1) is 8.41. The lowest BCUT2D eigenvalue weighted by Crippen LogP contribution is -2.43. The zero-order chi connectivity index (χ0) is 13.6. The quantitative estimate of drug-likeness (QED) is 0.715. The van der Waals surface area contributed by atoms with Crippen molar-refractivity contribution in [3.05, 3.63) is 12.2 Å². The summed E-state index contributed by atoms with van der Waals surface area (Å²) < 4.78 is 0. The van der Waals surface area contributed by atoms with E-state index < -0.39 is 5.60 Å². The van der Waals surface area contributed by atoms with Gasteiger partial charge in [-0.15, -0.1) is 0 Å². The monoisotopic (exact) mass is 253 g/mol. The van der Waals surface area contributed by atoms with Crippen molar-refractivity contribution in [2.45, 2.75) is 58.5 Å². The highest BCUT2D eigenvalue weighted by Crippen LogP contribution is 2.19. The van der Waals surface area contributed by atoms with E-state index in [-0.39, 0.29) is 11.8 Å². The molecule has 18 heavy (non-hydrogen) atoms. The average molecular weight is 253 g/mol. The number of allylic oxidation sites excluding steroid dienone is 2. The van der Waals surface area contributed by atoms with Gasteiger partial charge in [-0.25, -0.2) is 0 Å². The molecule has 0 spiro atoms. The summed E-state index contributed by atoms with van der Waals surface area (Å²) in [6.07, 6.45) is 8.66. The first-order valence-corrected chi connectivity index (χ1v) is 7.06. The Morgan fingerprint density at radius 2 is 2.22 bits per heavy atom. The van der Waals surface area contributed by atoms with E-state index in [9.17, 15) is 9.90 Å². The summed E-state index contributed by atoms with van der Waals surface area (Å²) in [6, 6.07) is 0. The summed E-state index contributed by atoms with van der Waals surface area (Å²) in [5.41, 5.74) is -0.787. The highest BCUT2D eigenvalue weighted by molar-refractivity contribution is 5.79. The summed E-state index contributed by atoms with van der Waals surface area (Å²) in [4.78, 5) is 11.9. The Balaban J connectivity index is 2.29. The minimum Gasteiger partial charge on any atom is -0.388 e. The second-order valence-corrected chi connectivity index (χ2v) is 6.13. The highest BCUT2D eigenvalue weighted by atomic mass is 16.3. The van der Waals surface area contributed by atoms with Crippen LogP contribution < -0.4 is 5.32 Å². The number of amides is 1. The topological polar surface area (TPSA) is 49.3 Å². The van der Waals surface area contributed by atoms with Gasteiger partial charge in [-0.1, -0.05) is 26.0 Å². The fourth-order valence-corrected chi connectivity index (χ4v) is 2.14.